The lowest BCUT2D eigenvalue weighted by atomic mass is 10.1. The maximum Gasteiger partial charge on any atom is 0.223 e. The number of nitrogen functional groups attached to an aromatic ring is 1. The van der Waals surface area contributed by atoms with E-state index in [4.69, 9.17) is 5.73 Å². The maximum absolute atomic E-state index is 12.7. The van der Waals surface area contributed by atoms with Gasteiger partial charge in [0.1, 0.15) is 0 Å². The fourth-order valence-corrected chi connectivity index (χ4v) is 3.23. The van der Waals surface area contributed by atoms with Gasteiger partial charge in [0.15, 0.2) is 0 Å². The summed E-state index contributed by atoms with van der Waals surface area (Å²) < 4.78 is 1.05. The molecule has 120 valence electrons. The van der Waals surface area contributed by atoms with Crippen LogP contribution in [0.4, 0.5) is 5.69 Å². The summed E-state index contributed by atoms with van der Waals surface area (Å²) in [6, 6.07) is 16.4. The van der Waals surface area contributed by atoms with Crippen LogP contribution in [-0.2, 0) is 17.8 Å². The SMILES string of the molecule is Nc1ccccc1CCC(=O)N(Cc1cccc(Br)c1)C1CC1. The number of aryl methyl sites for hydroxylation is 1. The van der Waals surface area contributed by atoms with E-state index in [-0.39, 0.29) is 5.91 Å². The summed E-state index contributed by atoms with van der Waals surface area (Å²) in [7, 11) is 0. The molecule has 0 unspecified atom stereocenters. The van der Waals surface area contributed by atoms with Crippen LogP contribution < -0.4 is 5.73 Å². The molecule has 1 saturated carbocycles. The lowest BCUT2D eigenvalue weighted by Crippen LogP contribution is -2.32. The minimum Gasteiger partial charge on any atom is -0.399 e. The van der Waals surface area contributed by atoms with Crippen molar-refractivity contribution < 1.29 is 4.79 Å². The van der Waals surface area contributed by atoms with Crippen LogP contribution in [-0.4, -0.2) is 16.8 Å². The van der Waals surface area contributed by atoms with Gasteiger partial charge < -0.3 is 10.6 Å². The molecule has 1 amide bonds. The van der Waals surface area contributed by atoms with E-state index in [0.29, 0.717) is 25.4 Å². The number of para-hydroxylation sites is 1. The Hall–Kier alpha value is -1.81. The van der Waals surface area contributed by atoms with Gasteiger partial charge in [0, 0.05) is 29.2 Å². The summed E-state index contributed by atoms with van der Waals surface area (Å²) in [4.78, 5) is 14.7. The van der Waals surface area contributed by atoms with Crippen LogP contribution in [0.25, 0.3) is 0 Å². The van der Waals surface area contributed by atoms with Crippen LogP contribution in [0.5, 0.6) is 0 Å². The molecule has 0 aliphatic heterocycles. The van der Waals surface area contributed by atoms with Crippen LogP contribution >= 0.6 is 15.9 Å². The van der Waals surface area contributed by atoms with Crippen LogP contribution in [0.1, 0.15) is 30.4 Å². The molecule has 0 bridgehead atoms. The van der Waals surface area contributed by atoms with Crippen molar-refractivity contribution in [3.05, 3.63) is 64.1 Å². The zero-order valence-electron chi connectivity index (χ0n) is 13.0. The molecule has 0 saturated heterocycles. The van der Waals surface area contributed by atoms with Crippen molar-refractivity contribution in [2.45, 2.75) is 38.3 Å². The topological polar surface area (TPSA) is 46.3 Å². The summed E-state index contributed by atoms with van der Waals surface area (Å²) >= 11 is 3.49. The molecule has 3 rings (SSSR count). The Morgan fingerprint density at radius 3 is 2.65 bits per heavy atom. The first-order valence-corrected chi connectivity index (χ1v) is 8.80. The van der Waals surface area contributed by atoms with Gasteiger partial charge in [0.25, 0.3) is 0 Å². The first-order chi connectivity index (χ1) is 11.1. The zero-order chi connectivity index (χ0) is 16.2. The molecule has 23 heavy (non-hydrogen) atoms. The van der Waals surface area contributed by atoms with E-state index in [1.807, 2.05) is 41.3 Å². The van der Waals surface area contributed by atoms with Crippen LogP contribution in [0, 0.1) is 0 Å². The molecular weight excluding hydrogens is 352 g/mol. The number of carbonyl (C=O) groups is 1. The van der Waals surface area contributed by atoms with Crippen molar-refractivity contribution in [3.8, 4) is 0 Å². The van der Waals surface area contributed by atoms with E-state index in [9.17, 15) is 4.79 Å². The van der Waals surface area contributed by atoms with E-state index < -0.39 is 0 Å². The lowest BCUT2D eigenvalue weighted by Gasteiger charge is -2.23. The van der Waals surface area contributed by atoms with Crippen molar-refractivity contribution in [1.82, 2.24) is 4.90 Å². The Morgan fingerprint density at radius 2 is 1.96 bits per heavy atom. The molecule has 1 aliphatic rings. The highest BCUT2D eigenvalue weighted by molar-refractivity contribution is 9.10. The van der Waals surface area contributed by atoms with E-state index in [1.54, 1.807) is 0 Å². The predicted molar refractivity (Wildman–Crippen MR) is 96.9 cm³/mol. The van der Waals surface area contributed by atoms with Crippen LogP contribution in [0.2, 0.25) is 0 Å². The molecule has 0 radical (unpaired) electrons. The Bertz CT molecular complexity index is 697. The standard InChI is InChI=1S/C19H21BrN2O/c20-16-6-3-4-14(12-16)13-22(17-9-10-17)19(23)11-8-15-5-1-2-7-18(15)21/h1-7,12,17H,8-11,13,21H2. The largest absolute Gasteiger partial charge is 0.399 e. The number of benzene rings is 2. The summed E-state index contributed by atoms with van der Waals surface area (Å²) in [5.74, 6) is 0.218. The third-order valence-electron chi connectivity index (χ3n) is 4.21. The predicted octanol–water partition coefficient (Wildman–Crippen LogP) is 4.16. The smallest absolute Gasteiger partial charge is 0.223 e. The molecule has 0 spiro atoms. The quantitative estimate of drug-likeness (QED) is 0.773. The molecule has 2 N–H and O–H groups in total. The number of nitrogens with two attached hydrogens (primary N) is 1. The number of hydrogen-bond donors (Lipinski definition) is 1. The zero-order valence-corrected chi connectivity index (χ0v) is 14.6. The fraction of sp³-hybridized carbons (Fsp3) is 0.316. The molecule has 0 aromatic heterocycles. The Labute approximate surface area is 145 Å². The number of nitrogens with zero attached hydrogens (tertiary/aromatic N) is 1. The molecule has 0 atom stereocenters. The third-order valence-corrected chi connectivity index (χ3v) is 4.71. The fourth-order valence-electron chi connectivity index (χ4n) is 2.79. The summed E-state index contributed by atoms with van der Waals surface area (Å²) in [5, 5.41) is 0. The number of halogens is 1. The van der Waals surface area contributed by atoms with Gasteiger partial charge in [-0.3, -0.25) is 4.79 Å². The molecule has 3 nitrogen and oxygen atoms in total. The average molecular weight is 373 g/mol. The first-order valence-electron chi connectivity index (χ1n) is 8.01. The number of amides is 1. The Morgan fingerprint density at radius 1 is 1.17 bits per heavy atom. The second kappa shape index (κ2) is 7.18. The highest BCUT2D eigenvalue weighted by atomic mass is 79.9. The molecule has 0 heterocycles. The van der Waals surface area contributed by atoms with Gasteiger partial charge in [-0.1, -0.05) is 46.3 Å². The van der Waals surface area contributed by atoms with Gasteiger partial charge in [0.2, 0.25) is 5.91 Å². The van der Waals surface area contributed by atoms with Crippen molar-refractivity contribution >= 4 is 27.5 Å². The number of hydrogen-bond acceptors (Lipinski definition) is 2. The number of anilines is 1. The highest BCUT2D eigenvalue weighted by Crippen LogP contribution is 2.29. The van der Waals surface area contributed by atoms with Gasteiger partial charge in [0.05, 0.1) is 0 Å². The van der Waals surface area contributed by atoms with Gasteiger partial charge in [-0.15, -0.1) is 0 Å². The van der Waals surface area contributed by atoms with Gasteiger partial charge in [-0.2, -0.15) is 0 Å². The number of rotatable bonds is 6. The molecular formula is C19H21BrN2O. The Balaban J connectivity index is 1.64. The van der Waals surface area contributed by atoms with Crippen molar-refractivity contribution in [2.24, 2.45) is 0 Å². The minimum atomic E-state index is 0.218. The summed E-state index contributed by atoms with van der Waals surface area (Å²) in [5.41, 5.74) is 8.95. The van der Waals surface area contributed by atoms with Crippen molar-refractivity contribution in [2.75, 3.05) is 5.73 Å². The molecule has 2 aromatic rings. The van der Waals surface area contributed by atoms with Crippen LogP contribution in [0.3, 0.4) is 0 Å². The molecule has 1 fully saturated rings. The van der Waals surface area contributed by atoms with Crippen molar-refractivity contribution in [3.63, 3.8) is 0 Å². The maximum atomic E-state index is 12.7. The molecule has 2 aromatic carbocycles. The van der Waals surface area contributed by atoms with Crippen LogP contribution in [0.15, 0.2) is 53.0 Å². The highest BCUT2D eigenvalue weighted by Gasteiger charge is 2.32. The normalized spacial score (nSPS) is 13.8. The number of carbonyl (C=O) groups excluding carboxylic acids is 1. The summed E-state index contributed by atoms with van der Waals surface area (Å²) in [6.45, 7) is 0.688. The second-order valence-electron chi connectivity index (χ2n) is 6.08. The first kappa shape index (κ1) is 16.1. The summed E-state index contributed by atoms with van der Waals surface area (Å²) in [6.07, 6.45) is 3.45. The lowest BCUT2D eigenvalue weighted by molar-refractivity contribution is -0.132. The van der Waals surface area contributed by atoms with E-state index in [0.717, 1.165) is 28.6 Å². The van der Waals surface area contributed by atoms with Crippen molar-refractivity contribution in [1.29, 1.82) is 0 Å². The van der Waals surface area contributed by atoms with Gasteiger partial charge >= 0.3 is 0 Å². The minimum absolute atomic E-state index is 0.218. The average Bonchev–Trinajstić information content (AvgIpc) is 3.36. The Kier molecular flexibility index (Phi) is 5.01. The van der Waals surface area contributed by atoms with E-state index in [2.05, 4.69) is 28.1 Å². The van der Waals surface area contributed by atoms with Gasteiger partial charge in [-0.25, -0.2) is 0 Å². The molecule has 4 heteroatoms. The van der Waals surface area contributed by atoms with Gasteiger partial charge in [-0.05, 0) is 48.6 Å². The van der Waals surface area contributed by atoms with E-state index >= 15 is 0 Å². The third kappa shape index (κ3) is 4.35. The van der Waals surface area contributed by atoms with E-state index in [1.165, 1.54) is 5.56 Å². The molecule has 1 aliphatic carbocycles. The second-order valence-corrected chi connectivity index (χ2v) is 7.00. The monoisotopic (exact) mass is 372 g/mol.